The molecule has 0 bridgehead atoms. The molecule has 1 fully saturated rings. The summed E-state index contributed by atoms with van der Waals surface area (Å²) in [6, 6.07) is 10.0. The molecule has 0 aliphatic heterocycles. The molecule has 1 aliphatic rings. The molecule has 0 N–H and O–H groups in total. The van der Waals surface area contributed by atoms with Crippen LogP contribution in [-0.2, 0) is 144 Å². The minimum Gasteiger partial charge on any atom is 0 e. The van der Waals surface area contributed by atoms with Crippen LogP contribution in [-0.4, -0.2) is 19.2 Å². The smallest absolute Gasteiger partial charge is 0 e. The van der Waals surface area contributed by atoms with Crippen LogP contribution in [0.1, 0.15) is 57.4 Å². The molecule has 0 atom stereocenters. The van der Waals surface area contributed by atoms with Crippen LogP contribution in [0, 0.1) is 109 Å². The Bertz CT molecular complexity index is 1090. The van der Waals surface area contributed by atoms with E-state index in [-0.39, 0.29) is 73.1 Å². The van der Waals surface area contributed by atoms with E-state index in [1.54, 1.807) is 0 Å². The maximum atomic E-state index is 12.3. The molecule has 1 saturated carbocycles. The van der Waals surface area contributed by atoms with Crippen LogP contribution in [0.15, 0.2) is 30.3 Å². The quantitative estimate of drug-likeness (QED) is 0.134. The summed E-state index contributed by atoms with van der Waals surface area (Å²) >= 11 is 0. The van der Waals surface area contributed by atoms with E-state index in [2.05, 4.69) is 103 Å². The van der Waals surface area contributed by atoms with Gasteiger partial charge in [-0.2, -0.15) is 0 Å². The van der Waals surface area contributed by atoms with Crippen LogP contribution in [0.2, 0.25) is 0 Å². The first-order valence-corrected chi connectivity index (χ1v) is 11.9. The Kier molecular flexibility index (Phi) is 243. The van der Waals surface area contributed by atoms with Crippen molar-refractivity contribution in [2.75, 3.05) is 13.2 Å². The normalized spacial score (nSPS) is 7.72. The largest absolute Gasteiger partial charge is 0 e. The van der Waals surface area contributed by atoms with Gasteiger partial charge in [0.25, 0.3) is 0 Å². The van der Waals surface area contributed by atoms with Crippen molar-refractivity contribution in [2.24, 2.45) is 5.41 Å². The zero-order valence-electron chi connectivity index (χ0n) is 27.9. The zero-order valence-corrected chi connectivity index (χ0v) is 32.1. The van der Waals surface area contributed by atoms with E-state index < -0.39 is 5.41 Å². The van der Waals surface area contributed by atoms with Crippen molar-refractivity contribution >= 4 is 5.97 Å². The maximum absolute atomic E-state index is 12.3. The summed E-state index contributed by atoms with van der Waals surface area (Å²) in [6.07, 6.45) is 6.23. The van der Waals surface area contributed by atoms with Gasteiger partial charge in [0.1, 0.15) is 6.61 Å². The fraction of sp³-hybridized carbons (Fsp3) is 0.343. The third-order valence-electron chi connectivity index (χ3n) is 4.66. The molecule has 0 heterocycles. The fourth-order valence-corrected chi connectivity index (χ4v) is 3.21. The summed E-state index contributed by atoms with van der Waals surface area (Å²) in [5, 5.41) is 0. The third-order valence-corrected chi connectivity index (χ3v) is 4.66. The minimum atomic E-state index is -0.395. The standard InChI is InChI=1S/C23H28O3.12CO.4Co/c1-2-26-22(24)23(17-11-7-12-18-23)16-10-4-3-5-13-19-25-20-21-14-8-6-9-15-21;12*1-2;;;;/h6,8-9,14-15H,2-3,7,11-12,16-20H2,1H3;;;;;;;;;;;;;;;;. The molecule has 0 saturated heterocycles. The number of carbonyl (C=O) groups is 1. The molecule has 0 spiro atoms. The molecule has 15 nitrogen and oxygen atoms in total. The van der Waals surface area contributed by atoms with Crippen LogP contribution in [0.3, 0.4) is 0 Å². The molecule has 294 valence electrons. The predicted octanol–water partition coefficient (Wildman–Crippen LogP) is 4.04. The summed E-state index contributed by atoms with van der Waals surface area (Å²) in [5.74, 6) is 12.2. The maximum Gasteiger partial charge on any atom is 0 e. The van der Waals surface area contributed by atoms with E-state index >= 15 is 0 Å². The van der Waals surface area contributed by atoms with Gasteiger partial charge in [-0.3, -0.25) is 4.79 Å². The van der Waals surface area contributed by atoms with Crippen LogP contribution >= 0.6 is 0 Å². The Hall–Kier alpha value is -3.32. The van der Waals surface area contributed by atoms with E-state index in [9.17, 15) is 4.79 Å². The molecule has 19 heteroatoms. The zero-order chi connectivity index (χ0) is 42.5. The van der Waals surface area contributed by atoms with Gasteiger partial charge < -0.3 is 9.47 Å². The number of hydrogen-bond acceptors (Lipinski definition) is 3. The monoisotopic (exact) mass is 924 g/mol. The molecule has 1 aromatic carbocycles. The van der Waals surface area contributed by atoms with Gasteiger partial charge in [-0.15, -0.1) is 5.92 Å². The predicted molar refractivity (Wildman–Crippen MR) is 150 cm³/mol. The Morgan fingerprint density at radius 2 is 0.926 bits per heavy atom. The van der Waals surface area contributed by atoms with E-state index in [0.29, 0.717) is 32.7 Å². The molecule has 54 heavy (non-hydrogen) atoms. The first-order chi connectivity index (χ1) is 24.8. The second-order valence-electron chi connectivity index (χ2n) is 6.60. The van der Waals surface area contributed by atoms with Crippen LogP contribution in [0.5, 0.6) is 0 Å². The molecule has 0 unspecified atom stereocenters. The second kappa shape index (κ2) is 134. The third kappa shape index (κ3) is 82.3. The van der Waals surface area contributed by atoms with Crippen LogP contribution < -0.4 is 0 Å². The van der Waals surface area contributed by atoms with Gasteiger partial charge in [-0.25, -0.2) is 0 Å². The average molecular weight is 924 g/mol. The Balaban J connectivity index is -0.0000000359. The van der Waals surface area contributed by atoms with Crippen LogP contribution in [0.4, 0.5) is 0 Å². The van der Waals surface area contributed by atoms with Gasteiger partial charge in [-0.1, -0.05) is 67.4 Å². The number of esters is 1. The van der Waals surface area contributed by atoms with Crippen molar-refractivity contribution < 1.29 is 137 Å². The molecule has 1 aliphatic carbocycles. The molecule has 0 aromatic heterocycles. The van der Waals surface area contributed by atoms with Gasteiger partial charge in [0, 0.05) is 73.5 Å². The number of ether oxygens (including phenoxy) is 2. The Labute approximate surface area is 357 Å². The van der Waals surface area contributed by atoms with Crippen LogP contribution in [0.25, 0.3) is 0 Å². The summed E-state index contributed by atoms with van der Waals surface area (Å²) in [6.45, 7) is 57.3. The second-order valence-corrected chi connectivity index (χ2v) is 6.60. The number of hydrogen-bond donors (Lipinski definition) is 0. The minimum absolute atomic E-state index is 0. The SMILES string of the molecule is CCOC(=O)C1(CC#CCC#CCOCc2ccccc2)CCCCC1.[C-]#[O+].[C-]#[O+].[C-]#[O+].[C-]#[O+].[C-]#[O+].[C-]#[O+].[C-]#[O+].[C-]#[O+].[C-]#[O+].[C-]#[O+].[C-]#[O+].[C-]#[O+].[Co].[Co].[Co].[Co]. The van der Waals surface area contributed by atoms with Crippen molar-refractivity contribution in [2.45, 2.75) is 58.5 Å². The van der Waals surface area contributed by atoms with E-state index in [1.807, 2.05) is 37.3 Å². The number of benzene rings is 1. The van der Waals surface area contributed by atoms with Crippen molar-refractivity contribution in [3.05, 3.63) is 116 Å². The molecular formula is C35H28Co4O15. The van der Waals surface area contributed by atoms with E-state index in [1.165, 1.54) is 6.42 Å². The fourth-order valence-electron chi connectivity index (χ4n) is 3.21. The van der Waals surface area contributed by atoms with E-state index in [4.69, 9.17) is 65.3 Å². The molecular weight excluding hydrogens is 896 g/mol. The van der Waals surface area contributed by atoms with Crippen molar-refractivity contribution in [1.82, 2.24) is 0 Å². The van der Waals surface area contributed by atoms with Gasteiger partial charge >= 0.3 is 142 Å². The van der Waals surface area contributed by atoms with Gasteiger partial charge in [0.15, 0.2) is 0 Å². The molecule has 4 radical (unpaired) electrons. The van der Waals surface area contributed by atoms with Crippen molar-refractivity contribution in [1.29, 1.82) is 0 Å². The van der Waals surface area contributed by atoms with Crippen molar-refractivity contribution in [3.63, 3.8) is 0 Å². The summed E-state index contributed by atoms with van der Waals surface area (Å²) in [7, 11) is 0. The Morgan fingerprint density at radius 3 is 1.28 bits per heavy atom. The number of rotatable bonds is 6. The molecule has 1 aromatic rings. The van der Waals surface area contributed by atoms with Gasteiger partial charge in [0.05, 0.1) is 25.0 Å². The van der Waals surface area contributed by atoms with Crippen molar-refractivity contribution in [3.8, 4) is 23.7 Å². The number of carbonyl (C=O) groups excluding carboxylic acids is 1. The average Bonchev–Trinajstić information content (AvgIpc) is 3.27. The van der Waals surface area contributed by atoms with Gasteiger partial charge in [-0.05, 0) is 25.3 Å². The summed E-state index contributed by atoms with van der Waals surface area (Å²) in [4.78, 5) is 12.3. The van der Waals surface area contributed by atoms with Gasteiger partial charge in [0.2, 0.25) is 0 Å². The molecule has 0 amide bonds. The molecule has 2 rings (SSSR count). The Morgan fingerprint density at radius 1 is 0.574 bits per heavy atom. The topological polar surface area (TPSA) is 274 Å². The first-order valence-electron chi connectivity index (χ1n) is 11.9. The summed E-state index contributed by atoms with van der Waals surface area (Å²) in [5.41, 5.74) is 0.749. The van der Waals surface area contributed by atoms with E-state index in [0.717, 1.165) is 31.2 Å². The first kappa shape index (κ1) is 98.3. The summed E-state index contributed by atoms with van der Waals surface area (Å²) < 4.78 is 101.